The summed E-state index contributed by atoms with van der Waals surface area (Å²) in [5, 5.41) is 17.4. The van der Waals surface area contributed by atoms with E-state index in [2.05, 4.69) is 79.7 Å². The molecule has 1 aromatic rings. The van der Waals surface area contributed by atoms with Gasteiger partial charge in [-0.25, -0.2) is 4.99 Å². The van der Waals surface area contributed by atoms with Crippen LogP contribution in [-0.4, -0.2) is 48.8 Å². The summed E-state index contributed by atoms with van der Waals surface area (Å²) >= 11 is 0. The van der Waals surface area contributed by atoms with Gasteiger partial charge in [0.2, 0.25) is 0 Å². The fourth-order valence-corrected chi connectivity index (χ4v) is 3.11. The van der Waals surface area contributed by atoms with Crippen LogP contribution in [0, 0.1) is 0 Å². The molecule has 0 amide bonds. The lowest BCUT2D eigenvalue weighted by atomic mass is 9.93. The second-order valence-corrected chi connectivity index (χ2v) is 7.33. The number of aliphatic hydroxyl groups is 1. The summed E-state index contributed by atoms with van der Waals surface area (Å²) in [7, 11) is 4.15. The fourth-order valence-electron chi connectivity index (χ4n) is 3.11. The Hall–Kier alpha value is -1.59. The van der Waals surface area contributed by atoms with Gasteiger partial charge >= 0.3 is 0 Å². The molecule has 1 rings (SSSR count). The molecule has 3 N–H and O–H groups in total. The Bertz CT molecular complexity index is 519. The molecular formula is C21H38N4O. The van der Waals surface area contributed by atoms with Crippen LogP contribution in [0.3, 0.4) is 0 Å². The van der Waals surface area contributed by atoms with Crippen molar-refractivity contribution >= 4 is 5.96 Å². The van der Waals surface area contributed by atoms with Crippen molar-refractivity contribution in [3.63, 3.8) is 0 Å². The van der Waals surface area contributed by atoms with E-state index in [0.717, 1.165) is 44.7 Å². The average Bonchev–Trinajstić information content (AvgIpc) is 2.59. The van der Waals surface area contributed by atoms with Crippen LogP contribution in [-0.2, 0) is 13.1 Å². The van der Waals surface area contributed by atoms with Crippen molar-refractivity contribution in [2.45, 2.75) is 65.1 Å². The van der Waals surface area contributed by atoms with Gasteiger partial charge in [0.1, 0.15) is 0 Å². The molecule has 0 radical (unpaired) electrons. The van der Waals surface area contributed by atoms with Crippen molar-refractivity contribution < 1.29 is 5.11 Å². The number of guanidine groups is 1. The first-order chi connectivity index (χ1) is 12.4. The largest absolute Gasteiger partial charge is 0.388 e. The molecule has 1 aromatic carbocycles. The molecule has 5 heteroatoms. The van der Waals surface area contributed by atoms with Gasteiger partial charge in [-0.3, -0.25) is 0 Å². The van der Waals surface area contributed by atoms with Crippen molar-refractivity contribution in [3.8, 4) is 0 Å². The first-order valence-electron chi connectivity index (χ1n) is 9.89. The average molecular weight is 363 g/mol. The maximum atomic E-state index is 10.8. The van der Waals surface area contributed by atoms with Crippen molar-refractivity contribution in [2.75, 3.05) is 27.2 Å². The third-order valence-electron chi connectivity index (χ3n) is 4.30. The van der Waals surface area contributed by atoms with E-state index in [1.54, 1.807) is 0 Å². The maximum absolute atomic E-state index is 10.8. The molecule has 148 valence electrons. The molecule has 0 unspecified atom stereocenters. The topological polar surface area (TPSA) is 59.9 Å². The monoisotopic (exact) mass is 362 g/mol. The summed E-state index contributed by atoms with van der Waals surface area (Å²) in [6, 6.07) is 8.59. The molecule has 5 nitrogen and oxygen atoms in total. The van der Waals surface area contributed by atoms with Crippen molar-refractivity contribution in [2.24, 2.45) is 4.99 Å². The molecule has 0 spiro atoms. The Labute approximate surface area is 159 Å². The SMILES string of the molecule is CCCC(O)(CCC)CNC(=NCc1ccc(CN(C)C)cc1)NCC. The quantitative estimate of drug-likeness (QED) is 0.418. The van der Waals surface area contributed by atoms with Crippen LogP contribution in [0.5, 0.6) is 0 Å². The number of hydrogen-bond donors (Lipinski definition) is 3. The van der Waals surface area contributed by atoms with Crippen LogP contribution in [0.1, 0.15) is 57.6 Å². The zero-order valence-corrected chi connectivity index (χ0v) is 17.3. The van der Waals surface area contributed by atoms with Gasteiger partial charge in [0.15, 0.2) is 5.96 Å². The Morgan fingerprint density at radius 3 is 2.08 bits per heavy atom. The Balaban J connectivity index is 2.67. The molecule has 0 saturated heterocycles. The van der Waals surface area contributed by atoms with Gasteiger partial charge in [-0.2, -0.15) is 0 Å². The number of nitrogens with one attached hydrogen (secondary N) is 2. The highest BCUT2D eigenvalue weighted by molar-refractivity contribution is 5.79. The van der Waals surface area contributed by atoms with Crippen LogP contribution in [0.2, 0.25) is 0 Å². The molecule has 0 fully saturated rings. The number of aliphatic imine (C=N–C) groups is 1. The predicted molar refractivity (Wildman–Crippen MR) is 111 cm³/mol. The molecule has 0 aliphatic carbocycles. The second-order valence-electron chi connectivity index (χ2n) is 7.33. The summed E-state index contributed by atoms with van der Waals surface area (Å²) in [5.74, 6) is 0.760. The van der Waals surface area contributed by atoms with Gasteiger partial charge in [-0.1, -0.05) is 51.0 Å². The smallest absolute Gasteiger partial charge is 0.191 e. The van der Waals surface area contributed by atoms with Crippen LogP contribution in [0.15, 0.2) is 29.3 Å². The number of benzene rings is 1. The molecule has 0 aliphatic heterocycles. The Kier molecular flexibility index (Phi) is 10.3. The van der Waals surface area contributed by atoms with Gasteiger partial charge in [-0.05, 0) is 45.0 Å². The molecule has 0 bridgehead atoms. The lowest BCUT2D eigenvalue weighted by Crippen LogP contribution is -2.47. The van der Waals surface area contributed by atoms with Crippen molar-refractivity contribution in [1.29, 1.82) is 0 Å². The summed E-state index contributed by atoms with van der Waals surface area (Å²) in [6.45, 7) is 9.17. The first-order valence-corrected chi connectivity index (χ1v) is 9.89. The van der Waals surface area contributed by atoms with E-state index in [4.69, 9.17) is 0 Å². The van der Waals surface area contributed by atoms with E-state index in [1.165, 1.54) is 11.1 Å². The maximum Gasteiger partial charge on any atom is 0.191 e. The van der Waals surface area contributed by atoms with Gasteiger partial charge in [0.05, 0.1) is 12.1 Å². The molecule has 0 heterocycles. The Morgan fingerprint density at radius 1 is 1.00 bits per heavy atom. The molecule has 0 saturated carbocycles. The van der Waals surface area contributed by atoms with E-state index >= 15 is 0 Å². The zero-order valence-electron chi connectivity index (χ0n) is 17.3. The normalized spacial score (nSPS) is 12.5. The highest BCUT2D eigenvalue weighted by Gasteiger charge is 2.24. The van der Waals surface area contributed by atoms with E-state index in [-0.39, 0.29) is 0 Å². The van der Waals surface area contributed by atoms with Crippen LogP contribution >= 0.6 is 0 Å². The Morgan fingerprint density at radius 2 is 1.58 bits per heavy atom. The summed E-state index contributed by atoms with van der Waals surface area (Å²) in [4.78, 5) is 6.83. The number of nitrogens with zero attached hydrogens (tertiary/aromatic N) is 2. The highest BCUT2D eigenvalue weighted by atomic mass is 16.3. The highest BCUT2D eigenvalue weighted by Crippen LogP contribution is 2.18. The third kappa shape index (κ3) is 8.68. The zero-order chi connectivity index (χ0) is 19.4. The lowest BCUT2D eigenvalue weighted by molar-refractivity contribution is 0.0257. The first kappa shape index (κ1) is 22.5. The summed E-state index contributed by atoms with van der Waals surface area (Å²) in [5.41, 5.74) is 1.83. The van der Waals surface area contributed by atoms with Gasteiger partial charge in [0, 0.05) is 19.6 Å². The van der Waals surface area contributed by atoms with Gasteiger partial charge in [0.25, 0.3) is 0 Å². The van der Waals surface area contributed by atoms with Gasteiger partial charge in [-0.15, -0.1) is 0 Å². The number of hydrogen-bond acceptors (Lipinski definition) is 3. The molecule has 26 heavy (non-hydrogen) atoms. The van der Waals surface area contributed by atoms with Crippen LogP contribution < -0.4 is 10.6 Å². The van der Waals surface area contributed by atoms with E-state index < -0.39 is 5.60 Å². The van der Waals surface area contributed by atoms with E-state index in [1.807, 2.05) is 0 Å². The summed E-state index contributed by atoms with van der Waals surface area (Å²) in [6.07, 6.45) is 3.57. The molecule has 0 aliphatic rings. The lowest BCUT2D eigenvalue weighted by Gasteiger charge is -2.28. The minimum absolute atomic E-state index is 0.530. The second kappa shape index (κ2) is 11.9. The van der Waals surface area contributed by atoms with Crippen LogP contribution in [0.4, 0.5) is 0 Å². The van der Waals surface area contributed by atoms with Crippen molar-refractivity contribution in [1.82, 2.24) is 15.5 Å². The van der Waals surface area contributed by atoms with Gasteiger partial charge < -0.3 is 20.6 Å². The molecule has 0 aromatic heterocycles. The van der Waals surface area contributed by atoms with E-state index in [0.29, 0.717) is 13.1 Å². The fraction of sp³-hybridized carbons (Fsp3) is 0.667. The minimum Gasteiger partial charge on any atom is -0.388 e. The van der Waals surface area contributed by atoms with Crippen LogP contribution in [0.25, 0.3) is 0 Å². The van der Waals surface area contributed by atoms with E-state index in [9.17, 15) is 5.11 Å². The van der Waals surface area contributed by atoms with Crippen molar-refractivity contribution in [3.05, 3.63) is 35.4 Å². The standard InChI is InChI=1S/C21H38N4O/c1-6-13-21(26,14-7-2)17-24-20(22-8-3)23-15-18-9-11-19(12-10-18)16-25(4)5/h9-12,26H,6-8,13-17H2,1-5H3,(H2,22,23,24). The number of rotatable bonds is 11. The predicted octanol–water partition coefficient (Wildman–Crippen LogP) is 3.13. The third-order valence-corrected chi connectivity index (χ3v) is 4.30. The summed E-state index contributed by atoms with van der Waals surface area (Å²) < 4.78 is 0. The molecule has 0 atom stereocenters. The minimum atomic E-state index is -0.659. The molecular weight excluding hydrogens is 324 g/mol.